The summed E-state index contributed by atoms with van der Waals surface area (Å²) in [6, 6.07) is -1.49. The van der Waals surface area contributed by atoms with E-state index < -0.39 is 45.1 Å². The number of phosphoric acid groups is 1. The van der Waals surface area contributed by atoms with Gasteiger partial charge in [0.15, 0.2) is 0 Å². The van der Waals surface area contributed by atoms with E-state index in [1.807, 2.05) is 0 Å². The van der Waals surface area contributed by atoms with Crippen molar-refractivity contribution < 1.29 is 42.7 Å². The Labute approximate surface area is 345 Å². The quantitative estimate of drug-likeness (QED) is 0.0236. The number of carboxylic acids is 1. The highest BCUT2D eigenvalue weighted by molar-refractivity contribution is 7.47. The summed E-state index contributed by atoms with van der Waals surface area (Å²) in [5, 5.41) is 8.89. The van der Waals surface area contributed by atoms with Gasteiger partial charge < -0.3 is 25.2 Å². The summed E-state index contributed by atoms with van der Waals surface area (Å²) >= 11 is 0. The largest absolute Gasteiger partial charge is 0.480 e. The standard InChI is InChI=1S/C46H76NO9P/c1-3-5-7-9-11-13-15-17-18-19-20-21-22-23-24-25-27-29-31-33-35-37-39-53-40-43(41-54-57(51,52)55-42-44(47)46(49)50)56-45(48)38-36-34-32-30-28-26-16-14-12-10-8-6-4-2/h5,7-8,10-11,13-14,16-18,20-21,23-24,27,29,43-44H,3-4,6,9,12,15,19,22,25-26,28,30-42,47H2,1-2H3,(H,49,50)(H,51,52)/b7-5-,10-8-,13-11-,16-14-,18-17-,21-20-,24-23-,29-27-. The van der Waals surface area contributed by atoms with E-state index in [0.717, 1.165) is 109 Å². The van der Waals surface area contributed by atoms with Crippen LogP contribution in [-0.4, -0.2) is 60.5 Å². The first-order valence-corrected chi connectivity index (χ1v) is 22.8. The Bertz CT molecular complexity index is 1270. The summed E-state index contributed by atoms with van der Waals surface area (Å²) in [4.78, 5) is 33.5. The van der Waals surface area contributed by atoms with Gasteiger partial charge in [0.1, 0.15) is 12.1 Å². The number of carbonyl (C=O) groups is 2. The van der Waals surface area contributed by atoms with Crippen molar-refractivity contribution in [3.05, 3.63) is 97.2 Å². The van der Waals surface area contributed by atoms with Gasteiger partial charge in [-0.1, -0.05) is 143 Å². The van der Waals surface area contributed by atoms with Crippen molar-refractivity contribution >= 4 is 19.8 Å². The zero-order chi connectivity index (χ0) is 41.9. The Hall–Kier alpha value is -3.11. The molecule has 0 saturated heterocycles. The second-order valence-electron chi connectivity index (χ2n) is 13.7. The molecule has 0 saturated carbocycles. The molecule has 0 heterocycles. The number of carboxylic acid groups (broad SMARTS) is 1. The first kappa shape index (κ1) is 53.9. The van der Waals surface area contributed by atoms with E-state index >= 15 is 0 Å². The van der Waals surface area contributed by atoms with Gasteiger partial charge >= 0.3 is 19.8 Å². The third-order valence-corrected chi connectivity index (χ3v) is 9.28. The Morgan fingerprint density at radius 2 is 1.02 bits per heavy atom. The van der Waals surface area contributed by atoms with E-state index in [1.165, 1.54) is 6.42 Å². The number of carbonyl (C=O) groups excluding carboxylic acids is 1. The van der Waals surface area contributed by atoms with Crippen LogP contribution in [0, 0.1) is 0 Å². The second kappa shape index (κ2) is 41.1. The van der Waals surface area contributed by atoms with Gasteiger partial charge in [0.25, 0.3) is 0 Å². The molecule has 0 fully saturated rings. The van der Waals surface area contributed by atoms with Crippen molar-refractivity contribution in [1.82, 2.24) is 0 Å². The average molecular weight is 818 g/mol. The Morgan fingerprint density at radius 3 is 1.53 bits per heavy atom. The average Bonchev–Trinajstić information content (AvgIpc) is 3.19. The highest BCUT2D eigenvalue weighted by atomic mass is 31.2. The predicted octanol–water partition coefficient (Wildman–Crippen LogP) is 11.8. The molecular weight excluding hydrogens is 741 g/mol. The molecule has 0 aromatic rings. The number of unbranched alkanes of at least 4 members (excludes halogenated alkanes) is 9. The molecule has 0 aliphatic rings. The minimum atomic E-state index is -4.64. The zero-order valence-corrected chi connectivity index (χ0v) is 36.0. The predicted molar refractivity (Wildman–Crippen MR) is 235 cm³/mol. The van der Waals surface area contributed by atoms with Gasteiger partial charge in [0.05, 0.1) is 19.8 Å². The summed E-state index contributed by atoms with van der Waals surface area (Å²) < 4.78 is 33.3. The van der Waals surface area contributed by atoms with Crippen LogP contribution in [0.15, 0.2) is 97.2 Å². The van der Waals surface area contributed by atoms with Crippen molar-refractivity contribution in [3.63, 3.8) is 0 Å². The molecule has 10 nitrogen and oxygen atoms in total. The molecule has 3 unspecified atom stereocenters. The number of hydrogen-bond acceptors (Lipinski definition) is 8. The minimum absolute atomic E-state index is 0.0184. The molecule has 0 aliphatic carbocycles. The lowest BCUT2D eigenvalue weighted by atomic mass is 10.1. The summed E-state index contributed by atoms with van der Waals surface area (Å²) in [5.41, 5.74) is 5.35. The molecule has 0 aliphatic heterocycles. The van der Waals surface area contributed by atoms with Crippen molar-refractivity contribution in [2.24, 2.45) is 5.73 Å². The molecule has 0 amide bonds. The maximum absolute atomic E-state index is 12.6. The number of nitrogens with two attached hydrogens (primary N) is 1. The van der Waals surface area contributed by atoms with E-state index in [1.54, 1.807) is 0 Å². The Kier molecular flexibility index (Phi) is 38.8. The summed E-state index contributed by atoms with van der Waals surface area (Å²) in [5.74, 6) is -1.82. The first-order valence-electron chi connectivity index (χ1n) is 21.3. The molecular formula is C46H76NO9P. The Balaban J connectivity index is 4.35. The first-order chi connectivity index (χ1) is 27.7. The van der Waals surface area contributed by atoms with Crippen LogP contribution in [0.2, 0.25) is 0 Å². The van der Waals surface area contributed by atoms with E-state index in [2.05, 4.69) is 111 Å². The van der Waals surface area contributed by atoms with E-state index in [4.69, 9.17) is 29.4 Å². The monoisotopic (exact) mass is 818 g/mol. The molecule has 0 aromatic carbocycles. The normalized spacial score (nSPS) is 14.9. The molecule has 0 rings (SSSR count). The maximum atomic E-state index is 12.6. The molecule has 0 aromatic heterocycles. The third kappa shape index (κ3) is 40.9. The molecule has 324 valence electrons. The lowest BCUT2D eigenvalue weighted by Gasteiger charge is -2.20. The van der Waals surface area contributed by atoms with Gasteiger partial charge in [-0.05, 0) is 89.9 Å². The van der Waals surface area contributed by atoms with Crippen LogP contribution < -0.4 is 5.73 Å². The molecule has 0 bridgehead atoms. The van der Waals surface area contributed by atoms with Gasteiger partial charge in [-0.15, -0.1) is 0 Å². The summed E-state index contributed by atoms with van der Waals surface area (Å²) in [7, 11) is -4.64. The number of esters is 1. The van der Waals surface area contributed by atoms with Gasteiger partial charge in [0.2, 0.25) is 0 Å². The number of phosphoric ester groups is 1. The fraction of sp³-hybridized carbons (Fsp3) is 0.609. The molecule has 0 radical (unpaired) electrons. The Morgan fingerprint density at radius 1 is 0.579 bits per heavy atom. The van der Waals surface area contributed by atoms with Crippen molar-refractivity contribution in [2.45, 2.75) is 154 Å². The third-order valence-electron chi connectivity index (χ3n) is 8.33. The fourth-order valence-corrected chi connectivity index (χ4v) is 5.83. The highest BCUT2D eigenvalue weighted by Gasteiger charge is 2.27. The zero-order valence-electron chi connectivity index (χ0n) is 35.1. The maximum Gasteiger partial charge on any atom is 0.472 e. The number of allylic oxidation sites excluding steroid dienone is 16. The highest BCUT2D eigenvalue weighted by Crippen LogP contribution is 2.43. The van der Waals surface area contributed by atoms with Crippen LogP contribution >= 0.6 is 7.82 Å². The molecule has 57 heavy (non-hydrogen) atoms. The minimum Gasteiger partial charge on any atom is -0.480 e. The van der Waals surface area contributed by atoms with Gasteiger partial charge in [-0.3, -0.25) is 18.6 Å². The van der Waals surface area contributed by atoms with Crippen molar-refractivity contribution in [1.29, 1.82) is 0 Å². The second-order valence-corrected chi connectivity index (χ2v) is 15.2. The van der Waals surface area contributed by atoms with Crippen LogP contribution in [0.4, 0.5) is 0 Å². The van der Waals surface area contributed by atoms with Crippen LogP contribution in [0.25, 0.3) is 0 Å². The van der Waals surface area contributed by atoms with Crippen molar-refractivity contribution in [3.8, 4) is 0 Å². The van der Waals surface area contributed by atoms with Crippen LogP contribution in [-0.2, 0) is 32.7 Å². The number of aliphatic carboxylic acids is 1. The lowest BCUT2D eigenvalue weighted by Crippen LogP contribution is -2.34. The number of ether oxygens (including phenoxy) is 2. The molecule has 4 N–H and O–H groups in total. The van der Waals surface area contributed by atoms with E-state index in [-0.39, 0.29) is 13.0 Å². The number of rotatable bonds is 39. The lowest BCUT2D eigenvalue weighted by molar-refractivity contribution is -0.154. The SMILES string of the molecule is CC/C=C\C/C=C\C/C=C\C/C=C\C/C=C\C/C=C\CCCCCOCC(COP(=O)(O)OCC(N)C(=O)O)OC(=O)CCCCCCC/C=C\C/C=C\CCC. The van der Waals surface area contributed by atoms with Crippen molar-refractivity contribution in [2.75, 3.05) is 26.4 Å². The van der Waals surface area contributed by atoms with Crippen LogP contribution in [0.5, 0.6) is 0 Å². The molecule has 0 spiro atoms. The van der Waals surface area contributed by atoms with Crippen LogP contribution in [0.1, 0.15) is 142 Å². The van der Waals surface area contributed by atoms with Gasteiger partial charge in [-0.25, -0.2) is 4.57 Å². The molecule has 3 atom stereocenters. The fourth-order valence-electron chi connectivity index (χ4n) is 5.05. The topological polar surface area (TPSA) is 155 Å². The van der Waals surface area contributed by atoms with Crippen LogP contribution in [0.3, 0.4) is 0 Å². The van der Waals surface area contributed by atoms with E-state index in [0.29, 0.717) is 13.0 Å². The summed E-state index contributed by atoms with van der Waals surface area (Å²) in [6.07, 6.45) is 53.2. The number of hydrogen-bond donors (Lipinski definition) is 3. The van der Waals surface area contributed by atoms with Gasteiger partial charge in [0, 0.05) is 13.0 Å². The van der Waals surface area contributed by atoms with E-state index in [9.17, 15) is 19.0 Å². The molecule has 11 heteroatoms. The van der Waals surface area contributed by atoms with Gasteiger partial charge in [-0.2, -0.15) is 0 Å². The smallest absolute Gasteiger partial charge is 0.472 e. The summed E-state index contributed by atoms with van der Waals surface area (Å²) in [6.45, 7) is 3.57.